The molecule has 0 saturated carbocycles. The van der Waals surface area contributed by atoms with Crippen LogP contribution in [0.15, 0.2) is 60.7 Å². The summed E-state index contributed by atoms with van der Waals surface area (Å²) < 4.78 is 0. The molecule has 4 rings (SSSR count). The van der Waals surface area contributed by atoms with Crippen LogP contribution in [0.1, 0.15) is 28.1 Å². The van der Waals surface area contributed by atoms with Crippen molar-refractivity contribution in [3.05, 3.63) is 76.1 Å². The third-order valence-corrected chi connectivity index (χ3v) is 7.09. The van der Waals surface area contributed by atoms with Gasteiger partial charge in [0.2, 0.25) is 0 Å². The molecule has 0 radical (unpaired) electrons. The number of benzene rings is 2. The van der Waals surface area contributed by atoms with Gasteiger partial charge in [-0.1, -0.05) is 35.9 Å². The van der Waals surface area contributed by atoms with Gasteiger partial charge in [0.1, 0.15) is 0 Å². The fraction of sp³-hybridized carbons (Fsp3) is 0.320. The van der Waals surface area contributed by atoms with Crippen molar-refractivity contribution in [2.24, 2.45) is 0 Å². The van der Waals surface area contributed by atoms with E-state index in [1.54, 1.807) is 0 Å². The number of piperidine rings is 1. The van der Waals surface area contributed by atoms with E-state index in [0.717, 1.165) is 47.8 Å². The lowest BCUT2D eigenvalue weighted by molar-refractivity contribution is 0.0913. The second-order valence-electron chi connectivity index (χ2n) is 8.26. The monoisotopic (exact) mass is 453 g/mol. The van der Waals surface area contributed by atoms with E-state index < -0.39 is 0 Å². The van der Waals surface area contributed by atoms with Crippen molar-refractivity contribution in [2.45, 2.75) is 25.4 Å². The molecule has 0 bridgehead atoms. The van der Waals surface area contributed by atoms with Gasteiger partial charge in [0.15, 0.2) is 0 Å². The topological polar surface area (TPSA) is 35.6 Å². The predicted molar refractivity (Wildman–Crippen MR) is 131 cm³/mol. The predicted octanol–water partition coefficient (Wildman–Crippen LogP) is 5.53. The molecule has 1 N–H and O–H groups in total. The summed E-state index contributed by atoms with van der Waals surface area (Å²) in [5, 5.41) is 3.93. The average Bonchev–Trinajstić information content (AvgIpc) is 3.26. The van der Waals surface area contributed by atoms with Crippen molar-refractivity contribution < 1.29 is 4.79 Å². The van der Waals surface area contributed by atoms with E-state index in [4.69, 9.17) is 11.6 Å². The van der Waals surface area contributed by atoms with Gasteiger partial charge in [0.25, 0.3) is 5.91 Å². The standard InChI is InChI=1S/C25H28ClN3OS/c1-28(2)22-8-6-18(7-9-22)17-29-14-12-21(13-15-29)27-25(30)24-11-10-23(31-24)19-4-3-5-20(26)16-19/h3-11,16,21H,12-15,17H2,1-2H3,(H,27,30). The molecule has 1 saturated heterocycles. The Morgan fingerprint density at radius 2 is 1.84 bits per heavy atom. The quantitative estimate of drug-likeness (QED) is 0.533. The van der Waals surface area contributed by atoms with Crippen molar-refractivity contribution in [2.75, 3.05) is 32.1 Å². The van der Waals surface area contributed by atoms with Crippen molar-refractivity contribution >= 4 is 34.5 Å². The molecule has 1 fully saturated rings. The number of carbonyl (C=O) groups excluding carboxylic acids is 1. The second kappa shape index (κ2) is 9.86. The van der Waals surface area contributed by atoms with Crippen LogP contribution in [0.2, 0.25) is 5.02 Å². The van der Waals surface area contributed by atoms with Gasteiger partial charge in [0, 0.05) is 55.4 Å². The minimum absolute atomic E-state index is 0.0241. The molecule has 0 atom stereocenters. The lowest BCUT2D eigenvalue weighted by Gasteiger charge is -2.32. The van der Waals surface area contributed by atoms with Crippen LogP contribution in [0.5, 0.6) is 0 Å². The molecule has 162 valence electrons. The molecular formula is C25H28ClN3OS. The fourth-order valence-corrected chi connectivity index (χ4v) is 5.00. The Labute approximate surface area is 193 Å². The van der Waals surface area contributed by atoms with Crippen molar-refractivity contribution in [1.82, 2.24) is 10.2 Å². The molecule has 1 amide bonds. The van der Waals surface area contributed by atoms with Gasteiger partial charge in [0.05, 0.1) is 4.88 Å². The third-order valence-electron chi connectivity index (χ3n) is 5.72. The van der Waals surface area contributed by atoms with Crippen LogP contribution in [0.3, 0.4) is 0 Å². The number of rotatable bonds is 6. The highest BCUT2D eigenvalue weighted by molar-refractivity contribution is 7.17. The second-order valence-corrected chi connectivity index (χ2v) is 9.78. The maximum Gasteiger partial charge on any atom is 0.261 e. The van der Waals surface area contributed by atoms with Crippen molar-refractivity contribution in [3.63, 3.8) is 0 Å². The molecule has 0 aliphatic carbocycles. The van der Waals surface area contributed by atoms with Crippen LogP contribution >= 0.6 is 22.9 Å². The molecule has 2 heterocycles. The summed E-state index contributed by atoms with van der Waals surface area (Å²) >= 11 is 7.61. The summed E-state index contributed by atoms with van der Waals surface area (Å²) in [6, 6.07) is 20.6. The van der Waals surface area contributed by atoms with E-state index in [9.17, 15) is 4.79 Å². The van der Waals surface area contributed by atoms with Crippen LogP contribution in [-0.4, -0.2) is 44.0 Å². The number of nitrogens with one attached hydrogen (secondary N) is 1. The van der Waals surface area contributed by atoms with Crippen molar-refractivity contribution in [3.8, 4) is 10.4 Å². The number of hydrogen-bond acceptors (Lipinski definition) is 4. The summed E-state index contributed by atoms with van der Waals surface area (Å²) in [6.07, 6.45) is 1.96. The Morgan fingerprint density at radius 1 is 1.10 bits per heavy atom. The molecular weight excluding hydrogens is 426 g/mol. The molecule has 3 aromatic rings. The van der Waals surface area contributed by atoms with Crippen LogP contribution in [0, 0.1) is 0 Å². The molecule has 1 aromatic heterocycles. The summed E-state index contributed by atoms with van der Waals surface area (Å²) in [4.78, 5) is 19.1. The number of hydrogen-bond donors (Lipinski definition) is 1. The normalized spacial score (nSPS) is 15.1. The van der Waals surface area contributed by atoms with E-state index >= 15 is 0 Å². The molecule has 2 aromatic carbocycles. The number of amides is 1. The van der Waals surface area contributed by atoms with Gasteiger partial charge in [-0.05, 0) is 60.4 Å². The van der Waals surface area contributed by atoms with E-state index in [-0.39, 0.29) is 11.9 Å². The molecule has 1 aliphatic rings. The number of carbonyl (C=O) groups is 1. The molecule has 4 nitrogen and oxygen atoms in total. The third kappa shape index (κ3) is 5.67. The first-order valence-electron chi connectivity index (χ1n) is 10.6. The first kappa shape index (κ1) is 21.9. The van der Waals surface area contributed by atoms with E-state index in [1.165, 1.54) is 22.6 Å². The van der Waals surface area contributed by atoms with Gasteiger partial charge in [-0.25, -0.2) is 0 Å². The minimum atomic E-state index is 0.0241. The largest absolute Gasteiger partial charge is 0.378 e. The maximum atomic E-state index is 12.7. The van der Waals surface area contributed by atoms with Gasteiger partial charge in [-0.2, -0.15) is 0 Å². The fourth-order valence-electron chi connectivity index (χ4n) is 3.91. The van der Waals surface area contributed by atoms with Crippen LogP contribution in [-0.2, 0) is 6.54 Å². The number of halogens is 1. The van der Waals surface area contributed by atoms with Gasteiger partial charge >= 0.3 is 0 Å². The highest BCUT2D eigenvalue weighted by Crippen LogP contribution is 2.30. The number of likely N-dealkylation sites (tertiary alicyclic amines) is 1. The minimum Gasteiger partial charge on any atom is -0.378 e. The first-order valence-corrected chi connectivity index (χ1v) is 11.8. The Hall–Kier alpha value is -2.34. The van der Waals surface area contributed by atoms with E-state index in [1.807, 2.05) is 36.4 Å². The van der Waals surface area contributed by atoms with E-state index in [0.29, 0.717) is 5.02 Å². The van der Waals surface area contributed by atoms with Crippen LogP contribution < -0.4 is 10.2 Å². The summed E-state index contributed by atoms with van der Waals surface area (Å²) in [6.45, 7) is 2.96. The van der Waals surface area contributed by atoms with Crippen molar-refractivity contribution in [1.29, 1.82) is 0 Å². The molecule has 31 heavy (non-hydrogen) atoms. The Bertz CT molecular complexity index is 1020. The van der Waals surface area contributed by atoms with Gasteiger partial charge in [-0.15, -0.1) is 11.3 Å². The van der Waals surface area contributed by atoms with Crippen LogP contribution in [0.4, 0.5) is 5.69 Å². The highest BCUT2D eigenvalue weighted by Gasteiger charge is 2.22. The van der Waals surface area contributed by atoms with Gasteiger partial charge < -0.3 is 10.2 Å². The maximum absolute atomic E-state index is 12.7. The Morgan fingerprint density at radius 3 is 2.52 bits per heavy atom. The summed E-state index contributed by atoms with van der Waals surface area (Å²) in [7, 11) is 4.12. The number of nitrogens with zero attached hydrogens (tertiary/aromatic N) is 2. The molecule has 0 spiro atoms. The first-order chi connectivity index (χ1) is 15.0. The number of anilines is 1. The SMILES string of the molecule is CN(C)c1ccc(CN2CCC(NC(=O)c3ccc(-c4cccc(Cl)c4)s3)CC2)cc1. The zero-order valence-electron chi connectivity index (χ0n) is 18.0. The summed E-state index contributed by atoms with van der Waals surface area (Å²) in [5.41, 5.74) is 3.60. The zero-order valence-corrected chi connectivity index (χ0v) is 19.5. The highest BCUT2D eigenvalue weighted by atomic mass is 35.5. The Kier molecular flexibility index (Phi) is 6.96. The Balaban J connectivity index is 1.27. The molecule has 1 aliphatic heterocycles. The lowest BCUT2D eigenvalue weighted by atomic mass is 10.0. The average molecular weight is 454 g/mol. The molecule has 6 heteroatoms. The zero-order chi connectivity index (χ0) is 21.8. The van der Waals surface area contributed by atoms with Crippen LogP contribution in [0.25, 0.3) is 10.4 Å². The smallest absolute Gasteiger partial charge is 0.261 e. The summed E-state index contributed by atoms with van der Waals surface area (Å²) in [5.74, 6) is 0.0241. The lowest BCUT2D eigenvalue weighted by Crippen LogP contribution is -2.44. The van der Waals surface area contributed by atoms with Gasteiger partial charge in [-0.3, -0.25) is 9.69 Å². The van der Waals surface area contributed by atoms with E-state index in [2.05, 4.69) is 53.5 Å². The molecule has 0 unspecified atom stereocenters. The number of thiophene rings is 1.